The fourth-order valence-corrected chi connectivity index (χ4v) is 3.44. The van der Waals surface area contributed by atoms with Gasteiger partial charge in [0.15, 0.2) is 5.01 Å². The van der Waals surface area contributed by atoms with Crippen LogP contribution < -0.4 is 10.5 Å². The lowest BCUT2D eigenvalue weighted by molar-refractivity contribution is -0.137. The molecule has 0 unspecified atom stereocenters. The molecule has 0 radical (unpaired) electrons. The Morgan fingerprint density at radius 1 is 1.35 bits per heavy atom. The largest absolute Gasteiger partial charge is 0.443 e. The van der Waals surface area contributed by atoms with Gasteiger partial charge in [-0.1, -0.05) is 6.07 Å². The number of anilines is 1. The maximum atomic E-state index is 12.6. The Morgan fingerprint density at radius 3 is 2.48 bits per heavy atom. The smallest absolute Gasteiger partial charge is 0.326 e. The van der Waals surface area contributed by atoms with Gasteiger partial charge in [-0.3, -0.25) is 4.79 Å². The second-order valence-corrected chi connectivity index (χ2v) is 7.03. The number of benzene rings is 1. The fraction of sp³-hybridized carbons (Fsp3) is 0.167. The first-order chi connectivity index (χ1) is 10.5. The summed E-state index contributed by atoms with van der Waals surface area (Å²) in [5.41, 5.74) is 0.139. The van der Waals surface area contributed by atoms with Crippen molar-refractivity contribution in [3.63, 3.8) is 0 Å². The van der Waals surface area contributed by atoms with E-state index in [1.54, 1.807) is 0 Å². The molecule has 0 atom stereocenters. The van der Waals surface area contributed by atoms with Crippen LogP contribution in [0.1, 0.15) is 11.9 Å². The van der Waals surface area contributed by atoms with Crippen molar-refractivity contribution in [1.82, 2.24) is 4.98 Å². The molecule has 0 saturated heterocycles. The van der Waals surface area contributed by atoms with Crippen molar-refractivity contribution < 1.29 is 26.4 Å². The maximum absolute atomic E-state index is 12.6. The zero-order valence-corrected chi connectivity index (χ0v) is 13.1. The number of primary sulfonamides is 1. The number of amides is 1. The molecule has 1 amide bonds. The first kappa shape index (κ1) is 17.4. The van der Waals surface area contributed by atoms with Crippen molar-refractivity contribution in [3.05, 3.63) is 29.4 Å². The van der Waals surface area contributed by atoms with Crippen molar-refractivity contribution in [2.75, 3.05) is 5.32 Å². The van der Waals surface area contributed by atoms with E-state index in [-0.39, 0.29) is 16.1 Å². The minimum atomic E-state index is -4.62. The van der Waals surface area contributed by atoms with E-state index in [2.05, 4.69) is 10.3 Å². The van der Waals surface area contributed by atoms with Gasteiger partial charge in [-0.15, -0.1) is 11.3 Å². The minimum absolute atomic E-state index is 0.00396. The van der Waals surface area contributed by atoms with Gasteiger partial charge in [0, 0.05) is 24.4 Å². The molecule has 2 rings (SSSR count). The maximum Gasteiger partial charge on any atom is 0.443 e. The normalized spacial score (nSPS) is 12.2. The highest BCUT2D eigenvalue weighted by Gasteiger charge is 2.35. The number of sulfonamides is 1. The third-order valence-electron chi connectivity index (χ3n) is 2.62. The molecular weight excluding hydrogens is 355 g/mol. The monoisotopic (exact) mass is 365 g/mol. The van der Waals surface area contributed by atoms with Gasteiger partial charge in [-0.25, -0.2) is 18.5 Å². The Morgan fingerprint density at radius 2 is 2.00 bits per heavy atom. The first-order valence-electron chi connectivity index (χ1n) is 5.96. The zero-order chi connectivity index (χ0) is 17.4. The van der Waals surface area contributed by atoms with Gasteiger partial charge < -0.3 is 5.32 Å². The molecule has 3 N–H and O–H groups in total. The van der Waals surface area contributed by atoms with Crippen LogP contribution in [0, 0.1) is 0 Å². The Labute approximate surface area is 133 Å². The Balaban J connectivity index is 2.58. The molecule has 1 aromatic carbocycles. The number of hydrogen-bond acceptors (Lipinski definition) is 5. The number of alkyl halides is 3. The number of rotatable bonds is 3. The lowest BCUT2D eigenvalue weighted by Gasteiger charge is -2.09. The molecule has 0 fully saturated rings. The fourth-order valence-electron chi connectivity index (χ4n) is 1.77. The zero-order valence-electron chi connectivity index (χ0n) is 11.5. The number of aromatic nitrogens is 1. The quantitative estimate of drug-likeness (QED) is 0.872. The molecule has 0 aliphatic rings. The number of nitrogens with one attached hydrogen (secondary N) is 1. The van der Waals surface area contributed by atoms with Crippen LogP contribution >= 0.6 is 11.3 Å². The second-order valence-electron chi connectivity index (χ2n) is 4.46. The van der Waals surface area contributed by atoms with Crippen LogP contribution in [-0.4, -0.2) is 19.3 Å². The second kappa shape index (κ2) is 5.91. The Bertz CT molecular complexity index is 860. The molecule has 0 aliphatic carbocycles. The van der Waals surface area contributed by atoms with Gasteiger partial charge in [0.2, 0.25) is 15.9 Å². The summed E-state index contributed by atoms with van der Waals surface area (Å²) in [5.74, 6) is -0.435. The van der Waals surface area contributed by atoms with E-state index in [4.69, 9.17) is 5.14 Å². The van der Waals surface area contributed by atoms with Crippen LogP contribution in [0.15, 0.2) is 29.3 Å². The van der Waals surface area contributed by atoms with E-state index in [0.29, 0.717) is 11.3 Å². The molecule has 6 nitrogen and oxygen atoms in total. The highest BCUT2D eigenvalue weighted by atomic mass is 32.2. The topological polar surface area (TPSA) is 102 Å². The lowest BCUT2D eigenvalue weighted by atomic mass is 10.2. The van der Waals surface area contributed by atoms with E-state index >= 15 is 0 Å². The van der Waals surface area contributed by atoms with E-state index < -0.39 is 32.0 Å². The molecule has 1 aromatic heterocycles. The average molecular weight is 365 g/mol. The number of halogens is 3. The SMILES string of the molecule is CC(=O)Nc1ccc(-c2cnc(C(F)(F)F)s2)c(S(N)(=O)=O)c1. The van der Waals surface area contributed by atoms with Crippen LogP contribution in [0.5, 0.6) is 0 Å². The summed E-state index contributed by atoms with van der Waals surface area (Å²) in [6.45, 7) is 1.23. The molecule has 2 aromatic rings. The highest BCUT2D eigenvalue weighted by molar-refractivity contribution is 7.89. The molecule has 0 spiro atoms. The van der Waals surface area contributed by atoms with E-state index in [1.165, 1.54) is 19.1 Å². The number of hydrogen-bond donors (Lipinski definition) is 2. The summed E-state index contributed by atoms with van der Waals surface area (Å²) < 4.78 is 61.2. The summed E-state index contributed by atoms with van der Waals surface area (Å²) in [6.07, 6.45) is -3.70. The van der Waals surface area contributed by atoms with Crippen molar-refractivity contribution >= 4 is 33.0 Å². The average Bonchev–Trinajstić information content (AvgIpc) is 2.86. The highest BCUT2D eigenvalue weighted by Crippen LogP contribution is 2.38. The van der Waals surface area contributed by atoms with Gasteiger partial charge in [-0.05, 0) is 12.1 Å². The van der Waals surface area contributed by atoms with Crippen LogP contribution in [0.25, 0.3) is 10.4 Å². The number of carbonyl (C=O) groups excluding carboxylic acids is 1. The van der Waals surface area contributed by atoms with Gasteiger partial charge in [0.1, 0.15) is 0 Å². The third-order valence-corrected chi connectivity index (χ3v) is 4.65. The summed E-state index contributed by atoms with van der Waals surface area (Å²) >= 11 is 0.299. The van der Waals surface area contributed by atoms with Crippen molar-refractivity contribution in [3.8, 4) is 10.4 Å². The Kier molecular flexibility index (Phi) is 4.46. The standard InChI is InChI=1S/C12H10F3N3O3S2/c1-6(19)18-7-2-3-8(10(4-7)23(16,20)21)9-5-17-11(22-9)12(13,14)15/h2-5H,1H3,(H,18,19)(H2,16,20,21). The van der Waals surface area contributed by atoms with Crippen molar-refractivity contribution in [1.29, 1.82) is 0 Å². The molecule has 124 valence electrons. The number of nitrogens with zero attached hydrogens (tertiary/aromatic N) is 1. The van der Waals surface area contributed by atoms with E-state index in [0.717, 1.165) is 12.3 Å². The Hall–Kier alpha value is -1.98. The van der Waals surface area contributed by atoms with Gasteiger partial charge in [0.05, 0.1) is 9.77 Å². The van der Waals surface area contributed by atoms with Crippen LogP contribution in [0.3, 0.4) is 0 Å². The number of nitrogens with two attached hydrogens (primary N) is 1. The van der Waals surface area contributed by atoms with Crippen molar-refractivity contribution in [2.24, 2.45) is 5.14 Å². The summed E-state index contributed by atoms with van der Waals surface area (Å²) in [6, 6.07) is 3.70. The lowest BCUT2D eigenvalue weighted by Crippen LogP contribution is -2.14. The summed E-state index contributed by atoms with van der Waals surface area (Å²) in [4.78, 5) is 13.9. The van der Waals surface area contributed by atoms with Crippen LogP contribution in [0.2, 0.25) is 0 Å². The van der Waals surface area contributed by atoms with E-state index in [1.807, 2.05) is 0 Å². The molecule has 1 heterocycles. The predicted octanol–water partition coefficient (Wildman–Crippen LogP) is 2.43. The third kappa shape index (κ3) is 4.06. The number of carbonyl (C=O) groups is 1. The molecular formula is C12H10F3N3O3S2. The molecule has 23 heavy (non-hydrogen) atoms. The van der Waals surface area contributed by atoms with Gasteiger partial charge in [0.25, 0.3) is 0 Å². The van der Waals surface area contributed by atoms with Gasteiger partial charge >= 0.3 is 6.18 Å². The molecule has 0 aliphatic heterocycles. The summed E-state index contributed by atoms with van der Waals surface area (Å²) in [7, 11) is -4.22. The predicted molar refractivity (Wildman–Crippen MR) is 78.2 cm³/mol. The molecule has 11 heteroatoms. The van der Waals surface area contributed by atoms with Crippen LogP contribution in [-0.2, 0) is 21.0 Å². The number of thiazole rings is 1. The van der Waals surface area contributed by atoms with Gasteiger partial charge in [-0.2, -0.15) is 13.2 Å². The minimum Gasteiger partial charge on any atom is -0.326 e. The first-order valence-corrected chi connectivity index (χ1v) is 8.32. The van der Waals surface area contributed by atoms with Crippen LogP contribution in [0.4, 0.5) is 18.9 Å². The van der Waals surface area contributed by atoms with E-state index in [9.17, 15) is 26.4 Å². The summed E-state index contributed by atoms with van der Waals surface area (Å²) in [5, 5.41) is 6.38. The van der Waals surface area contributed by atoms with Crippen molar-refractivity contribution in [2.45, 2.75) is 18.0 Å². The molecule has 0 saturated carbocycles. The molecule has 0 bridgehead atoms.